The molecular formula is C11H19N3. The summed E-state index contributed by atoms with van der Waals surface area (Å²) in [5.41, 5.74) is 0. The van der Waals surface area contributed by atoms with Gasteiger partial charge in [0.05, 0.1) is 6.20 Å². The molecule has 3 heteroatoms. The summed E-state index contributed by atoms with van der Waals surface area (Å²) in [6.07, 6.45) is 10.0. The van der Waals surface area contributed by atoms with Gasteiger partial charge < -0.3 is 5.32 Å². The average Bonchev–Trinajstić information content (AvgIpc) is 2.20. The topological polar surface area (TPSA) is 37.8 Å². The molecule has 1 heterocycles. The summed E-state index contributed by atoms with van der Waals surface area (Å²) in [4.78, 5) is 8.24. The first-order chi connectivity index (χ1) is 6.86. The van der Waals surface area contributed by atoms with Crippen molar-refractivity contribution in [2.24, 2.45) is 0 Å². The standard InChI is InChI=1S/C11H19N3/c1-3-5-10(6-4-2)14-11-9-12-7-8-13-11/h7-10H,3-6H2,1-2H3,(H,13,14). The third-order valence-corrected chi connectivity index (χ3v) is 2.19. The van der Waals surface area contributed by atoms with Gasteiger partial charge >= 0.3 is 0 Å². The number of hydrogen-bond donors (Lipinski definition) is 1. The molecule has 0 spiro atoms. The summed E-state index contributed by atoms with van der Waals surface area (Å²) in [7, 11) is 0. The van der Waals surface area contributed by atoms with Gasteiger partial charge in [-0.2, -0.15) is 0 Å². The van der Waals surface area contributed by atoms with E-state index in [2.05, 4.69) is 29.1 Å². The summed E-state index contributed by atoms with van der Waals surface area (Å²) in [6.45, 7) is 4.42. The number of rotatable bonds is 6. The predicted octanol–water partition coefficient (Wildman–Crippen LogP) is 2.86. The van der Waals surface area contributed by atoms with E-state index in [-0.39, 0.29) is 0 Å². The first-order valence-corrected chi connectivity index (χ1v) is 5.39. The first kappa shape index (κ1) is 11.0. The summed E-state index contributed by atoms with van der Waals surface area (Å²) in [5.74, 6) is 0.888. The Balaban J connectivity index is 2.46. The Bertz CT molecular complexity index is 230. The largest absolute Gasteiger partial charge is 0.366 e. The molecule has 0 radical (unpaired) electrons. The van der Waals surface area contributed by atoms with Crippen LogP contribution in [0.2, 0.25) is 0 Å². The monoisotopic (exact) mass is 193 g/mol. The Kier molecular flexibility index (Phi) is 4.97. The van der Waals surface area contributed by atoms with Crippen LogP contribution in [-0.4, -0.2) is 16.0 Å². The number of aromatic nitrogens is 2. The molecule has 3 nitrogen and oxygen atoms in total. The second kappa shape index (κ2) is 6.35. The third kappa shape index (κ3) is 3.73. The van der Waals surface area contributed by atoms with Crippen LogP contribution in [0.1, 0.15) is 39.5 Å². The van der Waals surface area contributed by atoms with E-state index >= 15 is 0 Å². The van der Waals surface area contributed by atoms with Crippen LogP contribution in [0, 0.1) is 0 Å². The lowest BCUT2D eigenvalue weighted by Crippen LogP contribution is -2.19. The average molecular weight is 193 g/mol. The van der Waals surface area contributed by atoms with E-state index in [1.54, 1.807) is 18.6 Å². The van der Waals surface area contributed by atoms with Crippen LogP contribution < -0.4 is 5.32 Å². The number of nitrogens with one attached hydrogen (secondary N) is 1. The quantitative estimate of drug-likeness (QED) is 0.755. The lowest BCUT2D eigenvalue weighted by molar-refractivity contribution is 0.584. The van der Waals surface area contributed by atoms with Gasteiger partial charge in [0.25, 0.3) is 0 Å². The molecule has 0 aromatic carbocycles. The van der Waals surface area contributed by atoms with Crippen LogP contribution in [0.5, 0.6) is 0 Å². The summed E-state index contributed by atoms with van der Waals surface area (Å²) >= 11 is 0. The molecule has 0 aliphatic rings. The van der Waals surface area contributed by atoms with Crippen LogP contribution >= 0.6 is 0 Å². The predicted molar refractivity (Wildman–Crippen MR) is 59.3 cm³/mol. The maximum Gasteiger partial charge on any atom is 0.144 e. The van der Waals surface area contributed by atoms with Crippen LogP contribution in [0.3, 0.4) is 0 Å². The van der Waals surface area contributed by atoms with Crippen LogP contribution in [0.4, 0.5) is 5.82 Å². The normalized spacial score (nSPS) is 10.5. The van der Waals surface area contributed by atoms with Gasteiger partial charge in [-0.15, -0.1) is 0 Å². The van der Waals surface area contributed by atoms with E-state index in [4.69, 9.17) is 0 Å². The van der Waals surface area contributed by atoms with Crippen LogP contribution in [0.15, 0.2) is 18.6 Å². The zero-order valence-electron chi connectivity index (χ0n) is 9.03. The van der Waals surface area contributed by atoms with Gasteiger partial charge in [-0.1, -0.05) is 26.7 Å². The minimum absolute atomic E-state index is 0.543. The SMILES string of the molecule is CCCC(CCC)Nc1cnccn1. The molecule has 0 unspecified atom stereocenters. The molecule has 0 aliphatic carbocycles. The first-order valence-electron chi connectivity index (χ1n) is 5.39. The molecule has 0 amide bonds. The van der Waals surface area contributed by atoms with E-state index in [9.17, 15) is 0 Å². The number of hydrogen-bond acceptors (Lipinski definition) is 3. The molecule has 1 N–H and O–H groups in total. The minimum Gasteiger partial charge on any atom is -0.366 e. The molecule has 1 rings (SSSR count). The Morgan fingerprint density at radius 3 is 2.43 bits per heavy atom. The van der Waals surface area contributed by atoms with Crippen molar-refractivity contribution >= 4 is 5.82 Å². The lowest BCUT2D eigenvalue weighted by atomic mass is 10.1. The van der Waals surface area contributed by atoms with Crippen LogP contribution in [-0.2, 0) is 0 Å². The van der Waals surface area contributed by atoms with Gasteiger partial charge in [0, 0.05) is 18.4 Å². The van der Waals surface area contributed by atoms with Crippen LogP contribution in [0.25, 0.3) is 0 Å². The Hall–Kier alpha value is -1.12. The molecule has 1 aromatic heterocycles. The molecule has 0 fully saturated rings. The van der Waals surface area contributed by atoms with Crippen molar-refractivity contribution in [3.05, 3.63) is 18.6 Å². The van der Waals surface area contributed by atoms with Crippen molar-refractivity contribution in [3.63, 3.8) is 0 Å². The van der Waals surface area contributed by atoms with E-state index in [0.717, 1.165) is 5.82 Å². The lowest BCUT2D eigenvalue weighted by Gasteiger charge is -2.17. The fourth-order valence-electron chi connectivity index (χ4n) is 1.57. The van der Waals surface area contributed by atoms with Crippen molar-refractivity contribution in [3.8, 4) is 0 Å². The highest BCUT2D eigenvalue weighted by Gasteiger charge is 2.06. The third-order valence-electron chi connectivity index (χ3n) is 2.19. The van der Waals surface area contributed by atoms with Gasteiger partial charge in [0.2, 0.25) is 0 Å². The molecule has 0 saturated carbocycles. The van der Waals surface area contributed by atoms with Crippen molar-refractivity contribution < 1.29 is 0 Å². The highest BCUT2D eigenvalue weighted by atomic mass is 15.0. The Labute approximate surface area is 86.0 Å². The second-order valence-electron chi connectivity index (χ2n) is 3.51. The number of nitrogens with zero attached hydrogens (tertiary/aromatic N) is 2. The van der Waals surface area contributed by atoms with Gasteiger partial charge in [-0.3, -0.25) is 4.98 Å². The Morgan fingerprint density at radius 2 is 1.93 bits per heavy atom. The molecule has 0 aliphatic heterocycles. The van der Waals surface area contributed by atoms with Crippen molar-refractivity contribution in [1.29, 1.82) is 0 Å². The molecule has 0 bridgehead atoms. The van der Waals surface area contributed by atoms with Crippen molar-refractivity contribution in [2.75, 3.05) is 5.32 Å². The van der Waals surface area contributed by atoms with Gasteiger partial charge in [0.15, 0.2) is 0 Å². The second-order valence-corrected chi connectivity index (χ2v) is 3.51. The number of anilines is 1. The fourth-order valence-corrected chi connectivity index (χ4v) is 1.57. The van der Waals surface area contributed by atoms with Crippen molar-refractivity contribution in [2.45, 2.75) is 45.6 Å². The Morgan fingerprint density at radius 1 is 1.21 bits per heavy atom. The molecule has 0 saturated heterocycles. The molecule has 1 aromatic rings. The summed E-state index contributed by atoms with van der Waals surface area (Å²) in [5, 5.41) is 3.41. The highest BCUT2D eigenvalue weighted by Crippen LogP contribution is 2.10. The van der Waals surface area contributed by atoms with Gasteiger partial charge in [0.1, 0.15) is 5.82 Å². The minimum atomic E-state index is 0.543. The van der Waals surface area contributed by atoms with Gasteiger partial charge in [-0.25, -0.2) is 4.98 Å². The van der Waals surface area contributed by atoms with E-state index in [1.807, 2.05) is 0 Å². The maximum atomic E-state index is 4.21. The summed E-state index contributed by atoms with van der Waals surface area (Å²) in [6, 6.07) is 0.543. The maximum absolute atomic E-state index is 4.21. The van der Waals surface area contributed by atoms with E-state index < -0.39 is 0 Å². The summed E-state index contributed by atoms with van der Waals surface area (Å²) < 4.78 is 0. The van der Waals surface area contributed by atoms with E-state index in [0.29, 0.717) is 6.04 Å². The van der Waals surface area contributed by atoms with Crippen molar-refractivity contribution in [1.82, 2.24) is 9.97 Å². The fraction of sp³-hybridized carbons (Fsp3) is 0.636. The zero-order valence-corrected chi connectivity index (χ0v) is 9.03. The van der Waals surface area contributed by atoms with Gasteiger partial charge in [-0.05, 0) is 12.8 Å². The molecule has 78 valence electrons. The molecular weight excluding hydrogens is 174 g/mol. The van der Waals surface area contributed by atoms with E-state index in [1.165, 1.54) is 25.7 Å². The highest BCUT2D eigenvalue weighted by molar-refractivity contribution is 5.31. The zero-order chi connectivity index (χ0) is 10.2. The molecule has 14 heavy (non-hydrogen) atoms. The smallest absolute Gasteiger partial charge is 0.144 e. The molecule has 0 atom stereocenters.